The summed E-state index contributed by atoms with van der Waals surface area (Å²) < 4.78 is 24.8. The van der Waals surface area contributed by atoms with Crippen molar-refractivity contribution in [1.29, 1.82) is 0 Å². The van der Waals surface area contributed by atoms with Crippen LogP contribution in [0.2, 0.25) is 0 Å². The lowest BCUT2D eigenvalue weighted by Crippen LogP contribution is -2.29. The van der Waals surface area contributed by atoms with Crippen LogP contribution in [-0.4, -0.2) is 51.3 Å². The van der Waals surface area contributed by atoms with E-state index in [4.69, 9.17) is 0 Å². The molecule has 9 nitrogen and oxygen atoms in total. The minimum absolute atomic E-state index is 0.0644. The van der Waals surface area contributed by atoms with Crippen LogP contribution in [0, 0.1) is 0 Å². The fourth-order valence-electron chi connectivity index (χ4n) is 3.72. The number of sulfone groups is 1. The van der Waals surface area contributed by atoms with Crippen molar-refractivity contribution in [3.63, 3.8) is 0 Å². The first-order valence-corrected chi connectivity index (χ1v) is 12.6. The van der Waals surface area contributed by atoms with Gasteiger partial charge in [-0.15, -0.1) is 0 Å². The van der Waals surface area contributed by atoms with Crippen molar-refractivity contribution in [3.8, 4) is 17.0 Å². The maximum absolute atomic E-state index is 13.1. The third kappa shape index (κ3) is 5.03. The number of benzene rings is 2. The molecular weight excluding hydrogens is 468 g/mol. The first kappa shape index (κ1) is 24.4. The molecule has 0 bridgehead atoms. The third-order valence-electron chi connectivity index (χ3n) is 5.72. The Bertz CT molecular complexity index is 1460. The van der Waals surface area contributed by atoms with Gasteiger partial charge in [0.25, 0.3) is 5.91 Å². The Morgan fingerprint density at radius 2 is 1.89 bits per heavy atom. The van der Waals surface area contributed by atoms with Gasteiger partial charge < -0.3 is 20.5 Å². The highest BCUT2D eigenvalue weighted by Crippen LogP contribution is 2.25. The zero-order valence-electron chi connectivity index (χ0n) is 19.3. The van der Waals surface area contributed by atoms with Gasteiger partial charge >= 0.3 is 0 Å². The minimum atomic E-state index is -3.39. The highest BCUT2D eigenvalue weighted by Gasteiger charge is 2.21. The molecule has 4 rings (SSSR count). The molecule has 1 amide bonds. The lowest BCUT2D eigenvalue weighted by atomic mass is 10.0. The van der Waals surface area contributed by atoms with Crippen LogP contribution in [0.25, 0.3) is 22.4 Å². The molecule has 0 fully saturated rings. The molecule has 4 aromatic rings. The summed E-state index contributed by atoms with van der Waals surface area (Å²) in [5.74, 6) is -0.350. The van der Waals surface area contributed by atoms with Crippen molar-refractivity contribution in [2.45, 2.75) is 36.5 Å². The van der Waals surface area contributed by atoms with E-state index in [9.17, 15) is 23.4 Å². The Labute approximate surface area is 202 Å². The maximum Gasteiger partial charge on any atom is 0.255 e. The Kier molecular flexibility index (Phi) is 6.86. The number of nitrogens with one attached hydrogen (secondary N) is 2. The number of aromatic hydroxyl groups is 1. The SMILES string of the molecule is CC(C)S(=O)(=O)c1ccc(-c2cnc3[nH]cc(C(=O)NC(CCO)c4cccc(O)c4)c3n2)cc1. The predicted octanol–water partition coefficient (Wildman–Crippen LogP) is 3.37. The number of phenolic OH excluding ortho intramolecular Hbond substituents is 1. The molecule has 2 aromatic carbocycles. The molecule has 0 radical (unpaired) electrons. The number of aromatic nitrogens is 3. The number of amides is 1. The molecule has 0 aliphatic carbocycles. The van der Waals surface area contributed by atoms with Gasteiger partial charge in [0.2, 0.25) is 0 Å². The number of rotatable bonds is 8. The van der Waals surface area contributed by atoms with Crippen molar-refractivity contribution < 1.29 is 23.4 Å². The van der Waals surface area contributed by atoms with Crippen LogP contribution >= 0.6 is 0 Å². The molecule has 0 saturated carbocycles. The fourth-order valence-corrected chi connectivity index (χ4v) is 4.78. The summed E-state index contributed by atoms with van der Waals surface area (Å²) in [6.45, 7) is 3.11. The van der Waals surface area contributed by atoms with Gasteiger partial charge in [-0.2, -0.15) is 0 Å². The molecule has 0 saturated heterocycles. The van der Waals surface area contributed by atoms with Crippen LogP contribution in [-0.2, 0) is 9.84 Å². The van der Waals surface area contributed by atoms with Crippen LogP contribution < -0.4 is 5.32 Å². The van der Waals surface area contributed by atoms with Crippen LogP contribution in [0.1, 0.15) is 42.2 Å². The lowest BCUT2D eigenvalue weighted by Gasteiger charge is -2.18. The fraction of sp³-hybridized carbons (Fsp3) is 0.240. The number of carbonyl (C=O) groups excluding carboxylic acids is 1. The van der Waals surface area contributed by atoms with Crippen LogP contribution in [0.4, 0.5) is 0 Å². The molecule has 182 valence electrons. The van der Waals surface area contributed by atoms with Crippen LogP contribution in [0.5, 0.6) is 5.75 Å². The van der Waals surface area contributed by atoms with Gasteiger partial charge in [0, 0.05) is 18.4 Å². The molecule has 0 spiro atoms. The minimum Gasteiger partial charge on any atom is -0.508 e. The van der Waals surface area contributed by atoms with Gasteiger partial charge in [0.05, 0.1) is 33.6 Å². The van der Waals surface area contributed by atoms with Crippen molar-refractivity contribution >= 4 is 26.9 Å². The van der Waals surface area contributed by atoms with E-state index in [1.54, 1.807) is 44.3 Å². The van der Waals surface area contributed by atoms with E-state index >= 15 is 0 Å². The zero-order chi connectivity index (χ0) is 25.2. The summed E-state index contributed by atoms with van der Waals surface area (Å²) in [6, 6.07) is 12.4. The number of phenols is 1. The highest BCUT2D eigenvalue weighted by molar-refractivity contribution is 7.92. The molecule has 2 heterocycles. The average molecular weight is 495 g/mol. The van der Waals surface area contributed by atoms with Crippen LogP contribution in [0.15, 0.2) is 65.8 Å². The Hall–Kier alpha value is -3.76. The van der Waals surface area contributed by atoms with E-state index in [0.717, 1.165) is 0 Å². The maximum atomic E-state index is 13.1. The second kappa shape index (κ2) is 9.85. The smallest absolute Gasteiger partial charge is 0.255 e. The van der Waals surface area contributed by atoms with E-state index < -0.39 is 27.0 Å². The number of carbonyl (C=O) groups is 1. The zero-order valence-corrected chi connectivity index (χ0v) is 20.1. The van der Waals surface area contributed by atoms with Crippen molar-refractivity contribution in [2.75, 3.05) is 6.61 Å². The molecule has 0 aliphatic rings. The molecule has 4 N–H and O–H groups in total. The molecule has 1 atom stereocenters. The van der Waals surface area contributed by atoms with Crippen LogP contribution in [0.3, 0.4) is 0 Å². The first-order valence-electron chi connectivity index (χ1n) is 11.1. The quantitative estimate of drug-likeness (QED) is 0.294. The standard InChI is InChI=1S/C25H26N4O5S/c1-15(2)35(33,34)19-8-6-16(7-9-19)22-14-27-24-23(28-22)20(13-26-24)25(32)29-21(10-11-30)17-4-3-5-18(31)12-17/h3-9,12-15,21,30-31H,10-11H2,1-2H3,(H,26,27)(H,29,32). The number of aliphatic hydroxyl groups is 1. The lowest BCUT2D eigenvalue weighted by molar-refractivity contribution is 0.0931. The number of hydrogen-bond acceptors (Lipinski definition) is 7. The number of H-pyrrole nitrogens is 1. The Balaban J connectivity index is 1.63. The number of nitrogens with zero attached hydrogens (tertiary/aromatic N) is 2. The van der Waals surface area contributed by atoms with Crippen molar-refractivity contribution in [1.82, 2.24) is 20.3 Å². The summed E-state index contributed by atoms with van der Waals surface area (Å²) in [5, 5.41) is 21.6. The van der Waals surface area contributed by atoms with E-state index in [0.29, 0.717) is 28.0 Å². The number of aromatic amines is 1. The van der Waals surface area contributed by atoms with Gasteiger partial charge in [-0.3, -0.25) is 4.79 Å². The molecule has 1 unspecified atom stereocenters. The molecule has 35 heavy (non-hydrogen) atoms. The first-order chi connectivity index (χ1) is 16.7. The summed E-state index contributed by atoms with van der Waals surface area (Å²) in [5.41, 5.74) is 2.87. The van der Waals surface area contributed by atoms with Gasteiger partial charge in [-0.05, 0) is 50.1 Å². The summed E-state index contributed by atoms with van der Waals surface area (Å²) >= 11 is 0. The second-order valence-electron chi connectivity index (χ2n) is 8.41. The van der Waals surface area contributed by atoms with Gasteiger partial charge in [0.1, 0.15) is 11.3 Å². The van der Waals surface area contributed by atoms with Gasteiger partial charge in [-0.25, -0.2) is 18.4 Å². The molecule has 0 aliphatic heterocycles. The molecular formula is C25H26N4O5S. The molecule has 2 aromatic heterocycles. The second-order valence-corrected chi connectivity index (χ2v) is 10.9. The van der Waals surface area contributed by atoms with E-state index in [1.807, 2.05) is 0 Å². The highest BCUT2D eigenvalue weighted by atomic mass is 32.2. The monoisotopic (exact) mass is 494 g/mol. The third-order valence-corrected chi connectivity index (χ3v) is 7.89. The van der Waals surface area contributed by atoms with E-state index in [2.05, 4.69) is 20.3 Å². The summed E-state index contributed by atoms with van der Waals surface area (Å²) in [6.07, 6.45) is 3.33. The normalized spacial score (nSPS) is 12.7. The predicted molar refractivity (Wildman–Crippen MR) is 132 cm³/mol. The number of aliphatic hydroxyl groups excluding tert-OH is 1. The van der Waals surface area contributed by atoms with Crippen molar-refractivity contribution in [3.05, 3.63) is 72.1 Å². The van der Waals surface area contributed by atoms with Gasteiger partial charge in [0.15, 0.2) is 15.5 Å². The Morgan fingerprint density at radius 1 is 1.14 bits per heavy atom. The molecule has 10 heteroatoms. The largest absolute Gasteiger partial charge is 0.508 e. The summed E-state index contributed by atoms with van der Waals surface area (Å²) in [4.78, 5) is 25.2. The van der Waals surface area contributed by atoms with Crippen molar-refractivity contribution in [2.24, 2.45) is 0 Å². The van der Waals surface area contributed by atoms with E-state index in [1.165, 1.54) is 30.5 Å². The number of hydrogen-bond donors (Lipinski definition) is 4. The topological polar surface area (TPSA) is 145 Å². The Morgan fingerprint density at radius 3 is 2.54 bits per heavy atom. The van der Waals surface area contributed by atoms with E-state index in [-0.39, 0.29) is 29.2 Å². The number of fused-ring (bicyclic) bond motifs is 1. The summed E-state index contributed by atoms with van der Waals surface area (Å²) in [7, 11) is -3.39. The average Bonchev–Trinajstić information content (AvgIpc) is 3.27. The van der Waals surface area contributed by atoms with Gasteiger partial charge in [-0.1, -0.05) is 24.3 Å².